The van der Waals surface area contributed by atoms with Crippen LogP contribution in [0.1, 0.15) is 31.7 Å². The number of unbranched alkanes of at least 4 members (excludes halogenated alkanes) is 1. The lowest BCUT2D eigenvalue weighted by Gasteiger charge is -2.29. The number of carbonyl (C=O) groups excluding carboxylic acids is 2. The molecule has 7 heteroatoms. The van der Waals surface area contributed by atoms with Crippen molar-refractivity contribution in [2.24, 2.45) is 0 Å². The maximum absolute atomic E-state index is 12.4. The minimum absolute atomic E-state index is 0.165. The van der Waals surface area contributed by atoms with E-state index in [0.29, 0.717) is 35.7 Å². The van der Waals surface area contributed by atoms with Gasteiger partial charge in [-0.05, 0) is 48.7 Å². The standard InChI is InChI=1S/C22H27N3O4/c1-4-5-12-25-18-9-7-16(13-15(18)6-11-21(25)26)23-22(27)24-17-8-10-19(28-2)20(14-17)29-3/h7-10,13-14H,4-6,11-12H2,1-3H3,(H2,23,24,27). The van der Waals surface area contributed by atoms with Crippen LogP contribution in [0.4, 0.5) is 21.9 Å². The Balaban J connectivity index is 1.69. The first kappa shape index (κ1) is 20.5. The van der Waals surface area contributed by atoms with Crippen LogP contribution >= 0.6 is 0 Å². The number of hydrogen-bond acceptors (Lipinski definition) is 4. The average molecular weight is 397 g/mol. The largest absolute Gasteiger partial charge is 0.493 e. The first-order chi connectivity index (χ1) is 14.0. The van der Waals surface area contributed by atoms with E-state index in [0.717, 1.165) is 30.6 Å². The van der Waals surface area contributed by atoms with E-state index in [-0.39, 0.29) is 11.9 Å². The molecule has 154 valence electrons. The fraction of sp³-hybridized carbons (Fsp3) is 0.364. The summed E-state index contributed by atoms with van der Waals surface area (Å²) in [7, 11) is 3.11. The lowest BCUT2D eigenvalue weighted by molar-refractivity contribution is -0.118. The van der Waals surface area contributed by atoms with Crippen LogP contribution in [0.25, 0.3) is 0 Å². The molecule has 2 aromatic carbocycles. The van der Waals surface area contributed by atoms with Crippen molar-refractivity contribution in [1.29, 1.82) is 0 Å². The van der Waals surface area contributed by atoms with Gasteiger partial charge in [-0.3, -0.25) is 4.79 Å². The first-order valence-corrected chi connectivity index (χ1v) is 9.79. The van der Waals surface area contributed by atoms with E-state index in [9.17, 15) is 9.59 Å². The predicted molar refractivity (Wildman–Crippen MR) is 114 cm³/mol. The Hall–Kier alpha value is -3.22. The van der Waals surface area contributed by atoms with Gasteiger partial charge in [0.25, 0.3) is 0 Å². The second-order valence-corrected chi connectivity index (χ2v) is 6.89. The molecular formula is C22H27N3O4. The van der Waals surface area contributed by atoms with Crippen molar-refractivity contribution in [1.82, 2.24) is 0 Å². The number of aryl methyl sites for hydroxylation is 1. The summed E-state index contributed by atoms with van der Waals surface area (Å²) in [6, 6.07) is 10.5. The number of amides is 3. The zero-order chi connectivity index (χ0) is 20.8. The van der Waals surface area contributed by atoms with Crippen molar-refractivity contribution < 1.29 is 19.1 Å². The van der Waals surface area contributed by atoms with E-state index >= 15 is 0 Å². The maximum atomic E-state index is 12.4. The molecule has 3 rings (SSSR count). The van der Waals surface area contributed by atoms with Gasteiger partial charge in [0.2, 0.25) is 5.91 Å². The minimum Gasteiger partial charge on any atom is -0.493 e. The normalized spacial score (nSPS) is 12.9. The molecule has 3 amide bonds. The molecule has 0 atom stereocenters. The summed E-state index contributed by atoms with van der Waals surface area (Å²) in [4.78, 5) is 26.5. The van der Waals surface area contributed by atoms with Gasteiger partial charge in [-0.25, -0.2) is 4.79 Å². The molecule has 0 saturated heterocycles. The van der Waals surface area contributed by atoms with Crippen molar-refractivity contribution in [3.63, 3.8) is 0 Å². The fourth-order valence-corrected chi connectivity index (χ4v) is 3.41. The Kier molecular flexibility index (Phi) is 6.59. The summed E-state index contributed by atoms with van der Waals surface area (Å²) in [6.45, 7) is 2.84. The van der Waals surface area contributed by atoms with Crippen LogP contribution in [0.2, 0.25) is 0 Å². The second kappa shape index (κ2) is 9.32. The van der Waals surface area contributed by atoms with Gasteiger partial charge in [0.1, 0.15) is 0 Å². The highest BCUT2D eigenvalue weighted by Crippen LogP contribution is 2.31. The van der Waals surface area contributed by atoms with Gasteiger partial charge in [0.15, 0.2) is 11.5 Å². The topological polar surface area (TPSA) is 79.9 Å². The number of rotatable bonds is 7. The molecule has 2 aromatic rings. The molecule has 1 aliphatic heterocycles. The van der Waals surface area contributed by atoms with E-state index in [2.05, 4.69) is 17.6 Å². The summed E-state index contributed by atoms with van der Waals surface area (Å²) < 4.78 is 10.5. The average Bonchev–Trinajstić information content (AvgIpc) is 2.73. The minimum atomic E-state index is -0.355. The molecule has 0 radical (unpaired) electrons. The zero-order valence-electron chi connectivity index (χ0n) is 17.1. The number of anilines is 3. The second-order valence-electron chi connectivity index (χ2n) is 6.89. The van der Waals surface area contributed by atoms with Gasteiger partial charge < -0.3 is 25.0 Å². The van der Waals surface area contributed by atoms with Crippen molar-refractivity contribution in [3.8, 4) is 11.5 Å². The summed E-state index contributed by atoms with van der Waals surface area (Å²) in [5.74, 6) is 1.30. The van der Waals surface area contributed by atoms with Gasteiger partial charge >= 0.3 is 6.03 Å². The van der Waals surface area contributed by atoms with E-state index in [1.807, 2.05) is 23.1 Å². The molecule has 0 aliphatic carbocycles. The molecule has 0 spiro atoms. The highest BCUT2D eigenvalue weighted by Gasteiger charge is 2.23. The molecule has 1 aliphatic rings. The predicted octanol–water partition coefficient (Wildman–Crippen LogP) is 4.43. The summed E-state index contributed by atoms with van der Waals surface area (Å²) >= 11 is 0. The lowest BCUT2D eigenvalue weighted by atomic mass is 10.00. The molecule has 2 N–H and O–H groups in total. The van der Waals surface area contributed by atoms with E-state index < -0.39 is 0 Å². The molecular weight excluding hydrogens is 370 g/mol. The third-order valence-electron chi connectivity index (χ3n) is 4.91. The number of carbonyl (C=O) groups is 2. The highest BCUT2D eigenvalue weighted by atomic mass is 16.5. The molecule has 0 aromatic heterocycles. The number of nitrogens with zero attached hydrogens (tertiary/aromatic N) is 1. The Morgan fingerprint density at radius 2 is 1.69 bits per heavy atom. The van der Waals surface area contributed by atoms with Crippen LogP contribution in [-0.4, -0.2) is 32.7 Å². The van der Waals surface area contributed by atoms with E-state index in [4.69, 9.17) is 9.47 Å². The number of hydrogen-bond donors (Lipinski definition) is 2. The van der Waals surface area contributed by atoms with Crippen LogP contribution in [-0.2, 0) is 11.2 Å². The van der Waals surface area contributed by atoms with Crippen LogP contribution in [0, 0.1) is 0 Å². The van der Waals surface area contributed by atoms with Gasteiger partial charge in [-0.1, -0.05) is 13.3 Å². The lowest BCUT2D eigenvalue weighted by Crippen LogP contribution is -2.35. The number of fused-ring (bicyclic) bond motifs is 1. The molecule has 0 fully saturated rings. The molecule has 0 saturated carbocycles. The summed E-state index contributed by atoms with van der Waals surface area (Å²) in [5.41, 5.74) is 3.30. The number of ether oxygens (including phenoxy) is 2. The van der Waals surface area contributed by atoms with Gasteiger partial charge in [-0.2, -0.15) is 0 Å². The smallest absolute Gasteiger partial charge is 0.323 e. The van der Waals surface area contributed by atoms with Gasteiger partial charge in [0.05, 0.1) is 14.2 Å². The van der Waals surface area contributed by atoms with Crippen LogP contribution in [0.3, 0.4) is 0 Å². The van der Waals surface area contributed by atoms with Crippen molar-refractivity contribution in [2.45, 2.75) is 32.6 Å². The van der Waals surface area contributed by atoms with Crippen molar-refractivity contribution in [2.75, 3.05) is 36.3 Å². The Morgan fingerprint density at radius 3 is 2.38 bits per heavy atom. The Morgan fingerprint density at radius 1 is 1.00 bits per heavy atom. The van der Waals surface area contributed by atoms with Crippen LogP contribution < -0.4 is 25.0 Å². The molecule has 0 unspecified atom stereocenters. The number of nitrogens with one attached hydrogen (secondary N) is 2. The Labute approximate surface area is 171 Å². The van der Waals surface area contributed by atoms with Gasteiger partial charge in [-0.15, -0.1) is 0 Å². The SMILES string of the molecule is CCCCN1C(=O)CCc2cc(NC(=O)Nc3ccc(OC)c(OC)c3)ccc21. The third-order valence-corrected chi connectivity index (χ3v) is 4.91. The molecule has 7 nitrogen and oxygen atoms in total. The van der Waals surface area contributed by atoms with Crippen molar-refractivity contribution in [3.05, 3.63) is 42.0 Å². The maximum Gasteiger partial charge on any atom is 0.323 e. The quantitative estimate of drug-likeness (QED) is 0.724. The van der Waals surface area contributed by atoms with E-state index in [1.54, 1.807) is 32.4 Å². The van der Waals surface area contributed by atoms with Crippen LogP contribution in [0.15, 0.2) is 36.4 Å². The molecule has 1 heterocycles. The van der Waals surface area contributed by atoms with Crippen molar-refractivity contribution >= 4 is 29.0 Å². The molecule has 29 heavy (non-hydrogen) atoms. The summed E-state index contributed by atoms with van der Waals surface area (Å²) in [5, 5.41) is 5.64. The number of methoxy groups -OCH3 is 2. The zero-order valence-corrected chi connectivity index (χ0v) is 17.1. The van der Waals surface area contributed by atoms with Gasteiger partial charge in [0, 0.05) is 36.1 Å². The van der Waals surface area contributed by atoms with E-state index in [1.165, 1.54) is 0 Å². The highest BCUT2D eigenvalue weighted by molar-refractivity contribution is 6.01. The summed E-state index contributed by atoms with van der Waals surface area (Å²) in [6.07, 6.45) is 3.19. The fourth-order valence-electron chi connectivity index (χ4n) is 3.41. The third kappa shape index (κ3) is 4.80. The molecule has 0 bridgehead atoms. The van der Waals surface area contributed by atoms with Crippen LogP contribution in [0.5, 0.6) is 11.5 Å². The number of urea groups is 1. The first-order valence-electron chi connectivity index (χ1n) is 9.79. The number of benzene rings is 2. The Bertz CT molecular complexity index is 898. The monoisotopic (exact) mass is 397 g/mol.